The Balaban J connectivity index is 2.43. The number of thiocarbonyl (C=S) groups is 1. The zero-order valence-electron chi connectivity index (χ0n) is 9.15. The molecule has 1 aromatic carbocycles. The quantitative estimate of drug-likeness (QED) is 0.783. The Labute approximate surface area is 127 Å². The summed E-state index contributed by atoms with van der Waals surface area (Å²) < 4.78 is 1.88. The van der Waals surface area contributed by atoms with Gasteiger partial charge in [-0.05, 0) is 56.1 Å². The maximum absolute atomic E-state index is 5.65. The number of nitrogens with one attached hydrogen (secondary N) is 1. The molecule has 0 saturated carbocycles. The molecule has 0 fully saturated rings. The SMILES string of the molecule is NC(=S)c1ncccc1Nc1c(Br)cccc1Br. The predicted octanol–water partition coefficient (Wildman–Crippen LogP) is 3.98. The van der Waals surface area contributed by atoms with E-state index in [4.69, 9.17) is 18.0 Å². The van der Waals surface area contributed by atoms with Crippen LogP contribution in [0.4, 0.5) is 11.4 Å². The number of benzene rings is 1. The fourth-order valence-corrected chi connectivity index (χ4v) is 2.81. The van der Waals surface area contributed by atoms with Crippen molar-refractivity contribution in [3.8, 4) is 0 Å². The van der Waals surface area contributed by atoms with Crippen LogP contribution in [0.1, 0.15) is 5.69 Å². The average molecular weight is 387 g/mol. The van der Waals surface area contributed by atoms with Crippen molar-refractivity contribution in [1.82, 2.24) is 4.98 Å². The topological polar surface area (TPSA) is 50.9 Å². The van der Waals surface area contributed by atoms with Crippen LogP contribution in [0.5, 0.6) is 0 Å². The number of para-hydroxylation sites is 1. The van der Waals surface area contributed by atoms with Crippen LogP contribution < -0.4 is 11.1 Å². The fraction of sp³-hybridized carbons (Fsp3) is 0. The van der Waals surface area contributed by atoms with Gasteiger partial charge >= 0.3 is 0 Å². The molecule has 0 bridgehead atoms. The molecule has 0 amide bonds. The smallest absolute Gasteiger partial charge is 0.124 e. The summed E-state index contributed by atoms with van der Waals surface area (Å²) in [7, 11) is 0. The second-order valence-corrected chi connectivity index (χ2v) is 5.63. The van der Waals surface area contributed by atoms with E-state index in [1.165, 1.54) is 0 Å². The molecule has 2 rings (SSSR count). The maximum Gasteiger partial charge on any atom is 0.124 e. The number of anilines is 2. The highest BCUT2D eigenvalue weighted by Crippen LogP contribution is 2.33. The van der Waals surface area contributed by atoms with Gasteiger partial charge in [0.15, 0.2) is 0 Å². The number of hydrogen-bond acceptors (Lipinski definition) is 3. The number of halogens is 2. The van der Waals surface area contributed by atoms with Crippen molar-refractivity contribution in [2.45, 2.75) is 0 Å². The monoisotopic (exact) mass is 385 g/mol. The van der Waals surface area contributed by atoms with Crippen molar-refractivity contribution in [2.75, 3.05) is 5.32 Å². The third-order valence-corrected chi connectivity index (χ3v) is 3.78. The van der Waals surface area contributed by atoms with Crippen molar-refractivity contribution in [1.29, 1.82) is 0 Å². The first-order valence-electron chi connectivity index (χ1n) is 5.05. The molecule has 2 aromatic rings. The Morgan fingerprint density at radius 2 is 1.83 bits per heavy atom. The molecular formula is C12H9Br2N3S. The van der Waals surface area contributed by atoms with Crippen molar-refractivity contribution in [3.05, 3.63) is 51.2 Å². The molecule has 6 heteroatoms. The van der Waals surface area contributed by atoms with Gasteiger partial charge in [-0.2, -0.15) is 0 Å². The van der Waals surface area contributed by atoms with Crippen molar-refractivity contribution >= 4 is 60.4 Å². The van der Waals surface area contributed by atoms with Crippen molar-refractivity contribution in [2.24, 2.45) is 5.73 Å². The van der Waals surface area contributed by atoms with Gasteiger partial charge in [0.25, 0.3) is 0 Å². The first kappa shape index (κ1) is 13.5. The second kappa shape index (κ2) is 5.77. The van der Waals surface area contributed by atoms with Gasteiger partial charge in [-0.15, -0.1) is 0 Å². The summed E-state index contributed by atoms with van der Waals surface area (Å²) in [6, 6.07) is 9.55. The molecule has 0 saturated heterocycles. The molecule has 1 heterocycles. The molecule has 0 spiro atoms. The van der Waals surface area contributed by atoms with Crippen molar-refractivity contribution in [3.63, 3.8) is 0 Å². The number of nitrogens with zero attached hydrogens (tertiary/aromatic N) is 1. The molecule has 18 heavy (non-hydrogen) atoms. The van der Waals surface area contributed by atoms with Crippen LogP contribution in [-0.2, 0) is 0 Å². The van der Waals surface area contributed by atoms with Gasteiger partial charge < -0.3 is 11.1 Å². The normalized spacial score (nSPS) is 10.1. The third-order valence-electron chi connectivity index (χ3n) is 2.26. The second-order valence-electron chi connectivity index (χ2n) is 3.49. The molecular weight excluding hydrogens is 378 g/mol. The van der Waals surface area contributed by atoms with Crippen LogP contribution in [0.25, 0.3) is 0 Å². The Morgan fingerprint density at radius 3 is 2.44 bits per heavy atom. The Morgan fingerprint density at radius 1 is 1.17 bits per heavy atom. The minimum Gasteiger partial charge on any atom is -0.388 e. The summed E-state index contributed by atoms with van der Waals surface area (Å²) in [5.74, 6) is 0. The van der Waals surface area contributed by atoms with E-state index >= 15 is 0 Å². The summed E-state index contributed by atoms with van der Waals surface area (Å²) in [6.07, 6.45) is 1.66. The first-order chi connectivity index (χ1) is 8.59. The van der Waals surface area contributed by atoms with Crippen LogP contribution in [0, 0.1) is 0 Å². The van der Waals surface area contributed by atoms with Crippen LogP contribution >= 0.6 is 44.1 Å². The number of aromatic nitrogens is 1. The van der Waals surface area contributed by atoms with Gasteiger partial charge in [-0.3, -0.25) is 4.98 Å². The maximum atomic E-state index is 5.65. The number of rotatable bonds is 3. The fourth-order valence-electron chi connectivity index (χ4n) is 1.45. The van der Waals surface area contributed by atoms with Gasteiger partial charge in [0.1, 0.15) is 10.7 Å². The summed E-state index contributed by atoms with van der Waals surface area (Å²) in [5, 5.41) is 3.27. The molecule has 0 aliphatic rings. The lowest BCUT2D eigenvalue weighted by Crippen LogP contribution is -2.14. The molecule has 0 unspecified atom stereocenters. The zero-order chi connectivity index (χ0) is 13.1. The number of pyridine rings is 1. The van der Waals surface area contributed by atoms with E-state index < -0.39 is 0 Å². The summed E-state index contributed by atoms with van der Waals surface area (Å²) >= 11 is 12.0. The Bertz CT molecular complexity index is 581. The molecule has 0 aliphatic heterocycles. The minimum absolute atomic E-state index is 0.265. The van der Waals surface area contributed by atoms with Gasteiger partial charge in [0.05, 0.1) is 11.4 Å². The third kappa shape index (κ3) is 2.88. The molecule has 0 aliphatic carbocycles. The highest BCUT2D eigenvalue weighted by Gasteiger charge is 2.10. The number of nitrogens with two attached hydrogens (primary N) is 1. The van der Waals surface area contributed by atoms with Gasteiger partial charge in [0, 0.05) is 15.1 Å². The van der Waals surface area contributed by atoms with Gasteiger partial charge in [-0.1, -0.05) is 18.3 Å². The van der Waals surface area contributed by atoms with Crippen LogP contribution in [0.15, 0.2) is 45.5 Å². The molecule has 0 atom stereocenters. The van der Waals surface area contributed by atoms with E-state index in [9.17, 15) is 0 Å². The van der Waals surface area contributed by atoms with E-state index in [0.717, 1.165) is 20.3 Å². The van der Waals surface area contributed by atoms with Gasteiger partial charge in [0.2, 0.25) is 0 Å². The zero-order valence-corrected chi connectivity index (χ0v) is 13.1. The highest BCUT2D eigenvalue weighted by atomic mass is 79.9. The molecule has 0 radical (unpaired) electrons. The lowest BCUT2D eigenvalue weighted by Gasteiger charge is -2.13. The lowest BCUT2D eigenvalue weighted by molar-refractivity contribution is 1.28. The highest BCUT2D eigenvalue weighted by molar-refractivity contribution is 9.11. The Hall–Kier alpha value is -0.980. The van der Waals surface area contributed by atoms with Crippen LogP contribution in [-0.4, -0.2) is 9.97 Å². The molecule has 3 nitrogen and oxygen atoms in total. The molecule has 92 valence electrons. The summed E-state index contributed by atoms with van der Waals surface area (Å²) in [6.45, 7) is 0. The Kier molecular flexibility index (Phi) is 4.31. The average Bonchev–Trinajstić information content (AvgIpc) is 2.34. The summed E-state index contributed by atoms with van der Waals surface area (Å²) in [5.41, 5.74) is 7.91. The van der Waals surface area contributed by atoms with Gasteiger partial charge in [-0.25, -0.2) is 0 Å². The standard InChI is InChI=1S/C12H9Br2N3S/c13-7-3-1-4-8(14)10(7)17-9-5-2-6-16-11(9)12(15)18/h1-6,17H,(H2,15,18). The number of hydrogen-bond donors (Lipinski definition) is 2. The van der Waals surface area contributed by atoms with E-state index in [1.54, 1.807) is 6.20 Å². The minimum atomic E-state index is 0.265. The van der Waals surface area contributed by atoms with E-state index in [1.807, 2.05) is 30.3 Å². The summed E-state index contributed by atoms with van der Waals surface area (Å²) in [4.78, 5) is 4.44. The molecule has 3 N–H and O–H groups in total. The largest absolute Gasteiger partial charge is 0.388 e. The van der Waals surface area contributed by atoms with Crippen LogP contribution in [0.2, 0.25) is 0 Å². The molecule has 1 aromatic heterocycles. The van der Waals surface area contributed by atoms with E-state index in [2.05, 4.69) is 42.2 Å². The van der Waals surface area contributed by atoms with Crippen LogP contribution in [0.3, 0.4) is 0 Å². The lowest BCUT2D eigenvalue weighted by atomic mass is 10.2. The van der Waals surface area contributed by atoms with E-state index in [0.29, 0.717) is 5.69 Å². The predicted molar refractivity (Wildman–Crippen MR) is 85.2 cm³/mol. The van der Waals surface area contributed by atoms with Crippen molar-refractivity contribution < 1.29 is 0 Å². The van der Waals surface area contributed by atoms with E-state index in [-0.39, 0.29) is 4.99 Å². The first-order valence-corrected chi connectivity index (χ1v) is 7.05.